The van der Waals surface area contributed by atoms with E-state index in [0.717, 1.165) is 19.3 Å². The van der Waals surface area contributed by atoms with Crippen molar-refractivity contribution in [3.8, 4) is 0 Å². The summed E-state index contributed by atoms with van der Waals surface area (Å²) >= 11 is 0. The van der Waals surface area contributed by atoms with Gasteiger partial charge in [0.05, 0.1) is 6.61 Å². The third kappa shape index (κ3) is 4.25. The number of ether oxygens (including phenoxy) is 1. The Balaban J connectivity index is 2.02. The zero-order valence-corrected chi connectivity index (χ0v) is 14.6. The molecule has 2 fully saturated rings. The van der Waals surface area contributed by atoms with Crippen molar-refractivity contribution in [2.75, 3.05) is 26.8 Å². The van der Waals surface area contributed by atoms with E-state index in [1.807, 2.05) is 0 Å². The Labute approximate surface area is 139 Å². The molecule has 5 nitrogen and oxygen atoms in total. The summed E-state index contributed by atoms with van der Waals surface area (Å²) < 4.78 is 5.15. The van der Waals surface area contributed by atoms with Crippen molar-refractivity contribution in [3.05, 3.63) is 0 Å². The molecule has 2 atom stereocenters. The zero-order chi connectivity index (χ0) is 16.9. The third-order valence-corrected chi connectivity index (χ3v) is 5.70. The number of hydrogen-bond acceptors (Lipinski definition) is 3. The Morgan fingerprint density at radius 1 is 1.30 bits per heavy atom. The van der Waals surface area contributed by atoms with Gasteiger partial charge in [-0.1, -0.05) is 32.6 Å². The molecule has 5 heteroatoms. The van der Waals surface area contributed by atoms with Crippen LogP contribution in [0.25, 0.3) is 0 Å². The fraction of sp³-hybridized carbons (Fsp3) is 0.889. The van der Waals surface area contributed by atoms with Crippen molar-refractivity contribution in [1.82, 2.24) is 4.90 Å². The maximum atomic E-state index is 12.9. The first-order valence-corrected chi connectivity index (χ1v) is 9.03. The second kappa shape index (κ2) is 8.13. The minimum absolute atomic E-state index is 0.0465. The first kappa shape index (κ1) is 18.2. The highest BCUT2D eigenvalue weighted by atomic mass is 16.5. The molecule has 23 heavy (non-hydrogen) atoms. The number of amides is 1. The van der Waals surface area contributed by atoms with E-state index in [0.29, 0.717) is 18.9 Å². The van der Waals surface area contributed by atoms with Gasteiger partial charge in [-0.2, -0.15) is 0 Å². The Hall–Kier alpha value is -1.10. The minimum atomic E-state index is -0.936. The van der Waals surface area contributed by atoms with Gasteiger partial charge in [0.2, 0.25) is 5.91 Å². The molecular weight excluding hydrogens is 294 g/mol. The van der Waals surface area contributed by atoms with Crippen molar-refractivity contribution in [1.29, 1.82) is 0 Å². The van der Waals surface area contributed by atoms with E-state index < -0.39 is 11.4 Å². The van der Waals surface area contributed by atoms with E-state index >= 15 is 0 Å². The highest BCUT2D eigenvalue weighted by Gasteiger charge is 2.44. The molecule has 1 saturated carbocycles. The molecule has 1 amide bonds. The van der Waals surface area contributed by atoms with E-state index in [9.17, 15) is 14.7 Å². The van der Waals surface area contributed by atoms with Crippen LogP contribution in [0.15, 0.2) is 0 Å². The second-order valence-corrected chi connectivity index (χ2v) is 7.37. The van der Waals surface area contributed by atoms with Crippen LogP contribution in [-0.2, 0) is 14.3 Å². The molecule has 2 unspecified atom stereocenters. The monoisotopic (exact) mass is 325 g/mol. The van der Waals surface area contributed by atoms with Gasteiger partial charge in [-0.25, -0.2) is 0 Å². The molecule has 1 N–H and O–H groups in total. The van der Waals surface area contributed by atoms with Crippen molar-refractivity contribution in [2.24, 2.45) is 17.3 Å². The van der Waals surface area contributed by atoms with Gasteiger partial charge < -0.3 is 14.7 Å². The molecule has 0 spiro atoms. The van der Waals surface area contributed by atoms with Gasteiger partial charge in [0.1, 0.15) is 5.41 Å². The number of carbonyl (C=O) groups is 2. The Bertz CT molecular complexity index is 415. The molecule has 0 bridgehead atoms. The summed E-state index contributed by atoms with van der Waals surface area (Å²) in [5, 5.41) is 9.63. The number of methoxy groups -OCH3 is 1. The quantitative estimate of drug-likeness (QED) is 0.781. The Morgan fingerprint density at radius 2 is 2.00 bits per heavy atom. The molecule has 1 saturated heterocycles. The fourth-order valence-electron chi connectivity index (χ4n) is 4.30. The van der Waals surface area contributed by atoms with Gasteiger partial charge in [-0.15, -0.1) is 0 Å². The average Bonchev–Trinajstić information content (AvgIpc) is 3.05. The smallest absolute Gasteiger partial charge is 0.313 e. The van der Waals surface area contributed by atoms with Gasteiger partial charge >= 0.3 is 5.97 Å². The van der Waals surface area contributed by atoms with Crippen LogP contribution >= 0.6 is 0 Å². The molecule has 2 rings (SSSR count). The lowest BCUT2D eigenvalue weighted by Gasteiger charge is -2.40. The first-order chi connectivity index (χ1) is 11.0. The van der Waals surface area contributed by atoms with Crippen LogP contribution in [0.4, 0.5) is 0 Å². The first-order valence-electron chi connectivity index (χ1n) is 9.03. The largest absolute Gasteiger partial charge is 0.481 e. The molecule has 2 aliphatic rings. The lowest BCUT2D eigenvalue weighted by Crippen LogP contribution is -2.53. The summed E-state index contributed by atoms with van der Waals surface area (Å²) in [4.78, 5) is 26.4. The normalized spacial score (nSPS) is 27.1. The number of likely N-dealkylation sites (tertiary alicyclic amines) is 1. The van der Waals surface area contributed by atoms with Gasteiger partial charge in [0.15, 0.2) is 0 Å². The molecule has 1 aliphatic heterocycles. The minimum Gasteiger partial charge on any atom is -0.481 e. The zero-order valence-electron chi connectivity index (χ0n) is 14.6. The van der Waals surface area contributed by atoms with Crippen LogP contribution < -0.4 is 0 Å². The summed E-state index contributed by atoms with van der Waals surface area (Å²) in [5.74, 6) is 0.0312. The topological polar surface area (TPSA) is 66.8 Å². The van der Waals surface area contributed by atoms with Crippen molar-refractivity contribution in [3.63, 3.8) is 0 Å². The number of carbonyl (C=O) groups excluding carboxylic acids is 1. The standard InChI is InChI=1S/C18H31NO4/c1-3-15(11-14-7-4-5-8-14)16(20)19-10-6-9-18(12-19,13-23-2)17(21)22/h14-15H,3-13H2,1-2H3,(H,21,22). The lowest BCUT2D eigenvalue weighted by molar-refractivity contribution is -0.160. The Kier molecular flexibility index (Phi) is 6.45. The highest BCUT2D eigenvalue weighted by Crippen LogP contribution is 2.35. The van der Waals surface area contributed by atoms with Crippen LogP contribution in [0.1, 0.15) is 58.3 Å². The van der Waals surface area contributed by atoms with Crippen LogP contribution in [0.3, 0.4) is 0 Å². The molecule has 132 valence electrons. The maximum absolute atomic E-state index is 12.9. The number of nitrogens with zero attached hydrogens (tertiary/aromatic N) is 1. The van der Waals surface area contributed by atoms with Gasteiger partial charge in [0, 0.05) is 26.1 Å². The molecule has 0 aromatic rings. The summed E-state index contributed by atoms with van der Waals surface area (Å²) in [6.45, 7) is 3.21. The van der Waals surface area contributed by atoms with Crippen LogP contribution in [0.5, 0.6) is 0 Å². The van der Waals surface area contributed by atoms with E-state index in [4.69, 9.17) is 4.74 Å². The molecule has 0 aromatic heterocycles. The summed E-state index contributed by atoms with van der Waals surface area (Å²) in [7, 11) is 1.53. The summed E-state index contributed by atoms with van der Waals surface area (Å²) in [6.07, 6.45) is 8.19. The predicted octanol–water partition coefficient (Wildman–Crippen LogP) is 2.93. The SMILES string of the molecule is CCC(CC1CCCC1)C(=O)N1CCCC(COC)(C(=O)O)C1. The van der Waals surface area contributed by atoms with E-state index in [-0.39, 0.29) is 25.0 Å². The molecule has 1 aliphatic carbocycles. The summed E-state index contributed by atoms with van der Waals surface area (Å²) in [5.41, 5.74) is -0.936. The van der Waals surface area contributed by atoms with E-state index in [1.165, 1.54) is 32.8 Å². The number of carboxylic acid groups (broad SMARTS) is 1. The maximum Gasteiger partial charge on any atom is 0.313 e. The van der Waals surface area contributed by atoms with Crippen molar-refractivity contribution >= 4 is 11.9 Å². The van der Waals surface area contributed by atoms with Crippen molar-refractivity contribution < 1.29 is 19.4 Å². The van der Waals surface area contributed by atoms with E-state index in [1.54, 1.807) is 4.90 Å². The van der Waals surface area contributed by atoms with Gasteiger partial charge in [-0.05, 0) is 31.6 Å². The lowest BCUT2D eigenvalue weighted by atomic mass is 9.79. The highest BCUT2D eigenvalue weighted by molar-refractivity contribution is 5.81. The number of aliphatic carboxylic acids is 1. The molecule has 0 radical (unpaired) electrons. The molecular formula is C18H31NO4. The van der Waals surface area contributed by atoms with Gasteiger partial charge in [-0.3, -0.25) is 9.59 Å². The van der Waals surface area contributed by atoms with Crippen molar-refractivity contribution in [2.45, 2.75) is 58.3 Å². The van der Waals surface area contributed by atoms with Gasteiger partial charge in [0.25, 0.3) is 0 Å². The molecule has 1 heterocycles. The fourth-order valence-corrected chi connectivity index (χ4v) is 4.30. The third-order valence-electron chi connectivity index (χ3n) is 5.70. The average molecular weight is 325 g/mol. The van der Waals surface area contributed by atoms with Crippen LogP contribution in [0.2, 0.25) is 0 Å². The second-order valence-electron chi connectivity index (χ2n) is 7.37. The van der Waals surface area contributed by atoms with Crippen LogP contribution in [0, 0.1) is 17.3 Å². The number of hydrogen-bond donors (Lipinski definition) is 1. The molecule has 0 aromatic carbocycles. The predicted molar refractivity (Wildman–Crippen MR) is 88.1 cm³/mol. The summed E-state index contributed by atoms with van der Waals surface area (Å²) in [6, 6.07) is 0. The number of carboxylic acids is 1. The van der Waals surface area contributed by atoms with E-state index in [2.05, 4.69) is 6.92 Å². The Morgan fingerprint density at radius 3 is 2.57 bits per heavy atom. The van der Waals surface area contributed by atoms with Crippen LogP contribution in [-0.4, -0.2) is 48.7 Å². The number of rotatable bonds is 7. The number of piperidine rings is 1.